The van der Waals surface area contributed by atoms with Crippen LogP contribution in [0.25, 0.3) is 0 Å². The molecule has 7 heteroatoms. The van der Waals surface area contributed by atoms with E-state index in [1.807, 2.05) is 20.2 Å². The zero-order valence-corrected chi connectivity index (χ0v) is 11.4. The Labute approximate surface area is 111 Å². The molecule has 0 unspecified atom stereocenters. The molecule has 0 heterocycles. The van der Waals surface area contributed by atoms with Crippen molar-refractivity contribution in [3.8, 4) is 0 Å². The zero-order chi connectivity index (χ0) is 13.5. The van der Waals surface area contributed by atoms with Gasteiger partial charge in [-0.05, 0) is 25.7 Å². The molecule has 0 aromatic heterocycles. The van der Waals surface area contributed by atoms with E-state index in [9.17, 15) is 10.1 Å². The first kappa shape index (κ1) is 14.7. The van der Waals surface area contributed by atoms with Crippen molar-refractivity contribution in [1.29, 1.82) is 0 Å². The van der Waals surface area contributed by atoms with Crippen molar-refractivity contribution in [3.63, 3.8) is 0 Å². The lowest BCUT2D eigenvalue weighted by atomic mass is 10.2. The number of rotatable bonds is 7. The van der Waals surface area contributed by atoms with Gasteiger partial charge in [0.25, 0.3) is 5.69 Å². The highest BCUT2D eigenvalue weighted by Gasteiger charge is 2.13. The highest BCUT2D eigenvalue weighted by molar-refractivity contribution is 7.98. The molecule has 18 heavy (non-hydrogen) atoms. The minimum Gasteiger partial charge on any atom is -0.318 e. The number of nitro benzene ring substituents is 1. The molecule has 0 amide bonds. The second kappa shape index (κ2) is 7.20. The maximum atomic E-state index is 10.8. The number of hydrogen-bond acceptors (Lipinski definition) is 6. The first-order valence-electron chi connectivity index (χ1n) is 5.51. The molecule has 1 rings (SSSR count). The Morgan fingerprint density at radius 1 is 1.50 bits per heavy atom. The van der Waals surface area contributed by atoms with Crippen LogP contribution in [0.1, 0.15) is 5.56 Å². The Hall–Kier alpha value is -1.31. The fraction of sp³-hybridized carbons (Fsp3) is 0.455. The van der Waals surface area contributed by atoms with Crippen LogP contribution in [0, 0.1) is 10.1 Å². The Morgan fingerprint density at radius 3 is 2.78 bits per heavy atom. The third-order valence-electron chi connectivity index (χ3n) is 2.37. The van der Waals surface area contributed by atoms with E-state index in [0.29, 0.717) is 5.69 Å². The van der Waals surface area contributed by atoms with Crippen molar-refractivity contribution < 1.29 is 4.92 Å². The van der Waals surface area contributed by atoms with E-state index in [1.54, 1.807) is 23.9 Å². The predicted molar refractivity (Wildman–Crippen MR) is 75.6 cm³/mol. The van der Waals surface area contributed by atoms with E-state index in [-0.39, 0.29) is 5.69 Å². The van der Waals surface area contributed by atoms with Gasteiger partial charge in [-0.15, -0.1) is 0 Å². The largest absolute Gasteiger partial charge is 0.318 e. The topological polar surface area (TPSA) is 84.4 Å². The van der Waals surface area contributed by atoms with Crippen molar-refractivity contribution in [2.45, 2.75) is 5.75 Å². The average molecular weight is 270 g/mol. The number of nitrogens with one attached hydrogen (secondary N) is 1. The second-order valence-corrected chi connectivity index (χ2v) is 5.21. The number of hydrogen-bond donors (Lipinski definition) is 2. The summed E-state index contributed by atoms with van der Waals surface area (Å²) in [5.74, 6) is 6.99. The fourth-order valence-corrected chi connectivity index (χ4v) is 2.43. The van der Waals surface area contributed by atoms with Crippen LogP contribution in [0.15, 0.2) is 18.2 Å². The normalized spacial score (nSPS) is 10.7. The summed E-state index contributed by atoms with van der Waals surface area (Å²) >= 11 is 1.75. The van der Waals surface area contributed by atoms with Gasteiger partial charge in [0.1, 0.15) is 5.69 Å². The van der Waals surface area contributed by atoms with Gasteiger partial charge >= 0.3 is 0 Å². The molecule has 3 N–H and O–H groups in total. The van der Waals surface area contributed by atoms with Gasteiger partial charge in [0.05, 0.1) is 4.92 Å². The summed E-state index contributed by atoms with van der Waals surface area (Å²) in [6, 6.07) is 5.06. The van der Waals surface area contributed by atoms with Crippen LogP contribution < -0.4 is 11.3 Å². The van der Waals surface area contributed by atoms with E-state index in [1.165, 1.54) is 0 Å². The molecule has 0 spiro atoms. The minimum absolute atomic E-state index is 0.0169. The lowest BCUT2D eigenvalue weighted by Gasteiger charge is -2.09. The van der Waals surface area contributed by atoms with Crippen molar-refractivity contribution in [1.82, 2.24) is 4.90 Å². The van der Waals surface area contributed by atoms with Crippen LogP contribution in [0.5, 0.6) is 0 Å². The molecule has 0 saturated carbocycles. The van der Waals surface area contributed by atoms with E-state index in [0.717, 1.165) is 23.6 Å². The lowest BCUT2D eigenvalue weighted by Crippen LogP contribution is -2.14. The molecule has 0 bridgehead atoms. The average Bonchev–Trinajstić information content (AvgIpc) is 2.34. The molecule has 0 aliphatic carbocycles. The molecule has 6 nitrogen and oxygen atoms in total. The fourth-order valence-electron chi connectivity index (χ4n) is 1.38. The Kier molecular flexibility index (Phi) is 5.90. The SMILES string of the molecule is CN(C)CCSCc1ccc(NN)c([N+](=O)[O-])c1. The number of nitrogens with zero attached hydrogens (tertiary/aromatic N) is 2. The summed E-state index contributed by atoms with van der Waals surface area (Å²) in [7, 11) is 4.04. The van der Waals surface area contributed by atoms with Gasteiger partial charge in [-0.3, -0.25) is 16.0 Å². The molecule has 0 saturated heterocycles. The molecule has 0 atom stereocenters. The summed E-state index contributed by atoms with van der Waals surface area (Å²) in [4.78, 5) is 12.5. The number of benzene rings is 1. The molecule has 0 radical (unpaired) electrons. The smallest absolute Gasteiger partial charge is 0.293 e. The highest BCUT2D eigenvalue weighted by atomic mass is 32.2. The van der Waals surface area contributed by atoms with Gasteiger partial charge in [0.2, 0.25) is 0 Å². The second-order valence-electron chi connectivity index (χ2n) is 4.11. The number of anilines is 1. The Morgan fingerprint density at radius 2 is 2.22 bits per heavy atom. The summed E-state index contributed by atoms with van der Waals surface area (Å²) in [6.07, 6.45) is 0. The van der Waals surface area contributed by atoms with Crippen LogP contribution in [-0.2, 0) is 5.75 Å². The van der Waals surface area contributed by atoms with Crippen molar-refractivity contribution in [3.05, 3.63) is 33.9 Å². The standard InChI is InChI=1S/C11H18N4O2S/c1-14(2)5-6-18-8-9-3-4-10(13-12)11(7-9)15(16)17/h3-4,7,13H,5-6,8,12H2,1-2H3. The number of nitro groups is 1. The number of hydrazine groups is 1. The number of thioether (sulfide) groups is 1. The van der Waals surface area contributed by atoms with Gasteiger partial charge in [-0.2, -0.15) is 11.8 Å². The molecular weight excluding hydrogens is 252 g/mol. The molecule has 0 aliphatic heterocycles. The molecule has 1 aromatic carbocycles. The highest BCUT2D eigenvalue weighted by Crippen LogP contribution is 2.26. The molecule has 1 aromatic rings. The van der Waals surface area contributed by atoms with Crippen molar-refractivity contribution in [2.24, 2.45) is 5.84 Å². The summed E-state index contributed by atoms with van der Waals surface area (Å²) in [5.41, 5.74) is 3.62. The first-order chi connectivity index (χ1) is 8.54. The van der Waals surface area contributed by atoms with E-state index in [4.69, 9.17) is 5.84 Å². The van der Waals surface area contributed by atoms with Gasteiger partial charge in [-0.1, -0.05) is 6.07 Å². The molecular formula is C11H18N4O2S. The quantitative estimate of drug-likeness (QED) is 0.339. The number of nitrogen functional groups attached to an aromatic ring is 1. The van der Waals surface area contributed by atoms with Crippen LogP contribution >= 0.6 is 11.8 Å². The lowest BCUT2D eigenvalue weighted by molar-refractivity contribution is -0.384. The van der Waals surface area contributed by atoms with Crippen LogP contribution in [0.3, 0.4) is 0 Å². The maximum Gasteiger partial charge on any atom is 0.293 e. The van der Waals surface area contributed by atoms with Gasteiger partial charge in [0.15, 0.2) is 0 Å². The predicted octanol–water partition coefficient (Wildman–Crippen LogP) is 1.68. The Bertz CT molecular complexity index is 412. The number of nitrogens with two attached hydrogens (primary N) is 1. The molecule has 0 fully saturated rings. The monoisotopic (exact) mass is 270 g/mol. The van der Waals surface area contributed by atoms with E-state index < -0.39 is 4.92 Å². The van der Waals surface area contributed by atoms with E-state index in [2.05, 4.69) is 10.3 Å². The maximum absolute atomic E-state index is 10.8. The van der Waals surface area contributed by atoms with Gasteiger partial charge < -0.3 is 10.3 Å². The summed E-state index contributed by atoms with van der Waals surface area (Å²) < 4.78 is 0. The zero-order valence-electron chi connectivity index (χ0n) is 10.5. The first-order valence-corrected chi connectivity index (χ1v) is 6.66. The van der Waals surface area contributed by atoms with Gasteiger partial charge in [0, 0.05) is 24.1 Å². The van der Waals surface area contributed by atoms with Crippen molar-refractivity contribution in [2.75, 3.05) is 31.8 Å². The van der Waals surface area contributed by atoms with Crippen LogP contribution in [0.2, 0.25) is 0 Å². The van der Waals surface area contributed by atoms with Crippen LogP contribution in [-0.4, -0.2) is 36.2 Å². The van der Waals surface area contributed by atoms with Crippen molar-refractivity contribution >= 4 is 23.1 Å². The third kappa shape index (κ3) is 4.52. The molecule has 0 aliphatic rings. The van der Waals surface area contributed by atoms with Crippen LogP contribution in [0.4, 0.5) is 11.4 Å². The third-order valence-corrected chi connectivity index (χ3v) is 3.37. The van der Waals surface area contributed by atoms with E-state index >= 15 is 0 Å². The summed E-state index contributed by atoms with van der Waals surface area (Å²) in [5, 5.41) is 10.8. The summed E-state index contributed by atoms with van der Waals surface area (Å²) in [6.45, 7) is 0.995. The minimum atomic E-state index is -0.427. The Balaban J connectivity index is 2.62. The molecule has 100 valence electrons. The van der Waals surface area contributed by atoms with Gasteiger partial charge in [-0.25, -0.2) is 0 Å².